The summed E-state index contributed by atoms with van der Waals surface area (Å²) >= 11 is 0. The summed E-state index contributed by atoms with van der Waals surface area (Å²) < 4.78 is 31.4. The molecule has 2 N–H and O–H groups in total. The largest absolute Gasteiger partial charge is 0.435 e. The van der Waals surface area contributed by atoms with E-state index in [0.717, 1.165) is 5.52 Å². The van der Waals surface area contributed by atoms with Crippen LogP contribution in [0.1, 0.15) is 35.5 Å². The van der Waals surface area contributed by atoms with Gasteiger partial charge >= 0.3 is 6.61 Å². The average molecular weight is 427 g/mol. The van der Waals surface area contributed by atoms with E-state index in [1.807, 2.05) is 13.8 Å². The van der Waals surface area contributed by atoms with Gasteiger partial charge in [-0.15, -0.1) is 0 Å². The molecule has 31 heavy (non-hydrogen) atoms. The van der Waals surface area contributed by atoms with E-state index in [1.54, 1.807) is 41.0 Å². The normalized spacial score (nSPS) is 11.5. The molecule has 0 saturated carbocycles. The fourth-order valence-electron chi connectivity index (χ4n) is 3.17. The number of ether oxygens (including phenoxy) is 1. The van der Waals surface area contributed by atoms with Gasteiger partial charge in [0.05, 0.1) is 11.6 Å². The van der Waals surface area contributed by atoms with Crippen LogP contribution in [0.15, 0.2) is 48.5 Å². The first kappa shape index (κ1) is 22.2. The lowest BCUT2D eigenvalue weighted by Gasteiger charge is -2.22. The van der Waals surface area contributed by atoms with Gasteiger partial charge in [-0.05, 0) is 42.0 Å². The summed E-state index contributed by atoms with van der Waals surface area (Å²) in [6.45, 7) is 1.15. The molecule has 0 aliphatic rings. The number of benzene rings is 2. The number of rotatable bonds is 8. The number of nitriles is 1. The topological polar surface area (TPSA) is 87.3 Å². The molecule has 8 heteroatoms. The molecular formula is C23H23F2N3O3. The summed E-state index contributed by atoms with van der Waals surface area (Å²) in [7, 11) is 0. The Kier molecular flexibility index (Phi) is 6.56. The molecule has 0 atom stereocenters. The fourth-order valence-corrected chi connectivity index (χ4v) is 3.17. The minimum atomic E-state index is -2.93. The van der Waals surface area contributed by atoms with Crippen molar-refractivity contribution < 1.29 is 23.4 Å². The van der Waals surface area contributed by atoms with Crippen LogP contribution in [0.3, 0.4) is 0 Å². The van der Waals surface area contributed by atoms with Crippen molar-refractivity contribution in [1.29, 1.82) is 5.26 Å². The standard InChI is InChI=1S/C23H23F2N3O3/c1-23(2,14-29)13-27-21(30)20-10-17-8-15(11-26)6-7-19(17)28(20)12-16-4-3-5-18(9-16)31-22(24)25/h3-10,22,29H,12-14H2,1-2H3,(H,27,30). The molecule has 6 nitrogen and oxygen atoms in total. The number of hydrogen-bond donors (Lipinski definition) is 2. The molecule has 1 aromatic heterocycles. The minimum absolute atomic E-state index is 0.0337. The zero-order chi connectivity index (χ0) is 22.6. The first-order valence-electron chi connectivity index (χ1n) is 9.68. The van der Waals surface area contributed by atoms with Crippen molar-refractivity contribution in [2.24, 2.45) is 5.41 Å². The predicted molar refractivity (Wildman–Crippen MR) is 112 cm³/mol. The van der Waals surface area contributed by atoms with Crippen molar-refractivity contribution in [3.63, 3.8) is 0 Å². The van der Waals surface area contributed by atoms with Gasteiger partial charge in [0.1, 0.15) is 11.4 Å². The van der Waals surface area contributed by atoms with Crippen LogP contribution in [0, 0.1) is 16.7 Å². The number of nitrogens with zero attached hydrogens (tertiary/aromatic N) is 2. The Morgan fingerprint density at radius 2 is 2.03 bits per heavy atom. The molecule has 0 spiro atoms. The van der Waals surface area contributed by atoms with Crippen molar-refractivity contribution in [2.75, 3.05) is 13.2 Å². The van der Waals surface area contributed by atoms with Crippen LogP contribution in [0.2, 0.25) is 0 Å². The maximum Gasteiger partial charge on any atom is 0.387 e. The van der Waals surface area contributed by atoms with Gasteiger partial charge in [-0.3, -0.25) is 4.79 Å². The second kappa shape index (κ2) is 9.14. The number of carbonyl (C=O) groups excluding carboxylic acids is 1. The molecule has 3 rings (SSSR count). The quantitative estimate of drug-likeness (QED) is 0.571. The number of fused-ring (bicyclic) bond motifs is 1. The van der Waals surface area contributed by atoms with Crippen LogP contribution < -0.4 is 10.1 Å². The van der Waals surface area contributed by atoms with E-state index in [9.17, 15) is 23.9 Å². The number of halogens is 2. The number of aliphatic hydroxyl groups excluding tert-OH is 1. The number of aliphatic hydroxyl groups is 1. The maximum atomic E-state index is 13.0. The number of hydrogen-bond acceptors (Lipinski definition) is 4. The number of nitrogens with one attached hydrogen (secondary N) is 1. The molecule has 1 amide bonds. The third kappa shape index (κ3) is 5.38. The number of amides is 1. The lowest BCUT2D eigenvalue weighted by Crippen LogP contribution is -2.36. The van der Waals surface area contributed by atoms with Gasteiger partial charge in [-0.25, -0.2) is 0 Å². The highest BCUT2D eigenvalue weighted by molar-refractivity contribution is 5.99. The summed E-state index contributed by atoms with van der Waals surface area (Å²) in [5.74, 6) is -0.303. The highest BCUT2D eigenvalue weighted by Gasteiger charge is 2.21. The van der Waals surface area contributed by atoms with Crippen molar-refractivity contribution in [2.45, 2.75) is 27.0 Å². The van der Waals surface area contributed by atoms with Gasteiger partial charge in [0.2, 0.25) is 0 Å². The van der Waals surface area contributed by atoms with E-state index in [0.29, 0.717) is 22.2 Å². The molecule has 0 aliphatic heterocycles. The van der Waals surface area contributed by atoms with Crippen LogP contribution in [0.4, 0.5) is 8.78 Å². The van der Waals surface area contributed by atoms with E-state index in [-0.39, 0.29) is 31.4 Å². The van der Waals surface area contributed by atoms with Gasteiger partial charge < -0.3 is 19.7 Å². The molecule has 0 saturated heterocycles. The number of aromatic nitrogens is 1. The highest BCUT2D eigenvalue weighted by atomic mass is 19.3. The van der Waals surface area contributed by atoms with Crippen molar-refractivity contribution in [3.05, 3.63) is 65.4 Å². The van der Waals surface area contributed by atoms with Gasteiger partial charge in [-0.1, -0.05) is 26.0 Å². The monoisotopic (exact) mass is 427 g/mol. The Bertz CT molecular complexity index is 1130. The third-order valence-electron chi connectivity index (χ3n) is 4.88. The summed E-state index contributed by atoms with van der Waals surface area (Å²) in [5.41, 5.74) is 1.74. The van der Waals surface area contributed by atoms with Crippen LogP contribution in [0.25, 0.3) is 10.9 Å². The number of carbonyl (C=O) groups is 1. The summed E-state index contributed by atoms with van der Waals surface area (Å²) in [5, 5.41) is 22.2. The Morgan fingerprint density at radius 1 is 1.26 bits per heavy atom. The Morgan fingerprint density at radius 3 is 2.71 bits per heavy atom. The van der Waals surface area contributed by atoms with Gasteiger partial charge in [0.25, 0.3) is 5.91 Å². The van der Waals surface area contributed by atoms with Gasteiger partial charge in [0, 0.05) is 36.0 Å². The van der Waals surface area contributed by atoms with Crippen LogP contribution in [-0.2, 0) is 6.54 Å². The number of alkyl halides is 2. The van der Waals surface area contributed by atoms with Gasteiger partial charge in [0.15, 0.2) is 0 Å². The smallest absolute Gasteiger partial charge is 0.387 e. The SMILES string of the molecule is CC(C)(CO)CNC(=O)c1cc2cc(C#N)ccc2n1Cc1cccc(OC(F)F)c1. The van der Waals surface area contributed by atoms with Crippen LogP contribution >= 0.6 is 0 Å². The maximum absolute atomic E-state index is 13.0. The molecule has 1 heterocycles. The van der Waals surface area contributed by atoms with E-state index < -0.39 is 12.0 Å². The summed E-state index contributed by atoms with van der Waals surface area (Å²) in [6.07, 6.45) is 0. The minimum Gasteiger partial charge on any atom is -0.435 e. The van der Waals surface area contributed by atoms with Gasteiger partial charge in [-0.2, -0.15) is 14.0 Å². The molecule has 0 bridgehead atoms. The zero-order valence-corrected chi connectivity index (χ0v) is 17.2. The molecule has 0 fully saturated rings. The Balaban J connectivity index is 1.99. The van der Waals surface area contributed by atoms with E-state index >= 15 is 0 Å². The van der Waals surface area contributed by atoms with E-state index in [4.69, 9.17) is 0 Å². The molecule has 0 unspecified atom stereocenters. The Hall–Kier alpha value is -3.44. The van der Waals surface area contributed by atoms with E-state index in [1.165, 1.54) is 12.1 Å². The molecule has 3 aromatic rings. The second-order valence-electron chi connectivity index (χ2n) is 8.03. The second-order valence-corrected chi connectivity index (χ2v) is 8.03. The van der Waals surface area contributed by atoms with Crippen LogP contribution in [-0.4, -0.2) is 35.3 Å². The average Bonchev–Trinajstić information content (AvgIpc) is 3.09. The summed E-state index contributed by atoms with van der Waals surface area (Å²) in [4.78, 5) is 13.0. The van der Waals surface area contributed by atoms with Crippen molar-refractivity contribution >= 4 is 16.8 Å². The van der Waals surface area contributed by atoms with Crippen molar-refractivity contribution in [3.8, 4) is 11.8 Å². The van der Waals surface area contributed by atoms with Crippen molar-refractivity contribution in [1.82, 2.24) is 9.88 Å². The lowest BCUT2D eigenvalue weighted by molar-refractivity contribution is -0.0498. The summed E-state index contributed by atoms with van der Waals surface area (Å²) in [6, 6.07) is 15.2. The predicted octanol–water partition coefficient (Wildman–Crippen LogP) is 3.91. The first-order valence-corrected chi connectivity index (χ1v) is 9.68. The zero-order valence-electron chi connectivity index (χ0n) is 17.2. The Labute approximate surface area is 178 Å². The molecule has 2 aromatic carbocycles. The molecular weight excluding hydrogens is 404 g/mol. The lowest BCUT2D eigenvalue weighted by atomic mass is 9.95. The fraction of sp³-hybridized carbons (Fsp3) is 0.304. The molecule has 162 valence electrons. The highest BCUT2D eigenvalue weighted by Crippen LogP contribution is 2.25. The molecule has 0 radical (unpaired) electrons. The third-order valence-corrected chi connectivity index (χ3v) is 4.88. The van der Waals surface area contributed by atoms with Crippen LogP contribution in [0.5, 0.6) is 5.75 Å². The van der Waals surface area contributed by atoms with E-state index in [2.05, 4.69) is 16.1 Å². The first-order chi connectivity index (χ1) is 14.7. The molecule has 0 aliphatic carbocycles.